The third-order valence-electron chi connectivity index (χ3n) is 4.77. The number of hydrogen-bond acceptors (Lipinski definition) is 3. The molecule has 2 saturated heterocycles. The van der Waals surface area contributed by atoms with E-state index in [1.807, 2.05) is 4.90 Å². The molecule has 0 unspecified atom stereocenters. The fraction of sp³-hybridized carbons (Fsp3) is 0.600. The molecule has 1 aromatic rings. The molecular weight excluding hydrogens is 311 g/mol. The van der Waals surface area contributed by atoms with Gasteiger partial charge in [-0.15, -0.1) is 0 Å². The second-order valence-electron chi connectivity index (χ2n) is 6.42. The van der Waals surface area contributed by atoms with E-state index in [2.05, 4.69) is 4.98 Å². The zero-order valence-corrected chi connectivity index (χ0v) is 12.5. The first-order chi connectivity index (χ1) is 10.8. The normalized spacial score (nSPS) is 21.3. The quantitative estimate of drug-likeness (QED) is 0.906. The van der Waals surface area contributed by atoms with Crippen LogP contribution in [-0.4, -0.2) is 52.2 Å². The number of halogens is 3. The maximum absolute atomic E-state index is 12.9. The van der Waals surface area contributed by atoms with Crippen LogP contribution in [0.1, 0.15) is 24.1 Å². The van der Waals surface area contributed by atoms with Crippen LogP contribution in [-0.2, 0) is 12.7 Å². The molecule has 8 heteroatoms. The Hall–Kier alpha value is -1.83. The smallest absolute Gasteiger partial charge is 0.433 e. The topological polar surface area (TPSA) is 56.7 Å². The first kappa shape index (κ1) is 16.0. The van der Waals surface area contributed by atoms with E-state index in [0.29, 0.717) is 26.2 Å². The Labute approximate surface area is 131 Å². The zero-order valence-electron chi connectivity index (χ0n) is 12.5. The van der Waals surface area contributed by atoms with Gasteiger partial charge in [-0.25, -0.2) is 4.79 Å². The van der Waals surface area contributed by atoms with Crippen LogP contribution < -0.4 is 0 Å². The van der Waals surface area contributed by atoms with Gasteiger partial charge in [0.2, 0.25) is 0 Å². The first-order valence-electron chi connectivity index (χ1n) is 7.50. The summed E-state index contributed by atoms with van der Waals surface area (Å²) in [5, 5.41) is 8.95. The number of likely N-dealkylation sites (tertiary alicyclic amines) is 2. The number of carbonyl (C=O) groups is 1. The second kappa shape index (κ2) is 5.67. The van der Waals surface area contributed by atoms with Crippen LogP contribution in [0.2, 0.25) is 0 Å². The molecule has 1 N–H and O–H groups in total. The number of alkyl halides is 3. The number of carboxylic acid groups (broad SMARTS) is 1. The summed E-state index contributed by atoms with van der Waals surface area (Å²) in [6.45, 7) is 2.67. The molecule has 1 aromatic heterocycles. The Morgan fingerprint density at radius 2 is 1.96 bits per heavy atom. The molecule has 1 spiro atoms. The van der Waals surface area contributed by atoms with Gasteiger partial charge in [0.25, 0.3) is 0 Å². The van der Waals surface area contributed by atoms with E-state index in [1.165, 1.54) is 17.0 Å². The van der Waals surface area contributed by atoms with Gasteiger partial charge in [-0.3, -0.25) is 9.88 Å². The van der Waals surface area contributed by atoms with Crippen molar-refractivity contribution in [3.05, 3.63) is 29.6 Å². The number of rotatable bonds is 2. The predicted molar refractivity (Wildman–Crippen MR) is 75.8 cm³/mol. The van der Waals surface area contributed by atoms with Crippen LogP contribution in [0.15, 0.2) is 18.3 Å². The number of aromatic nitrogens is 1. The molecule has 3 heterocycles. The average molecular weight is 329 g/mol. The summed E-state index contributed by atoms with van der Waals surface area (Å²) >= 11 is 0. The maximum atomic E-state index is 12.9. The highest BCUT2D eigenvalue weighted by Crippen LogP contribution is 2.41. The van der Waals surface area contributed by atoms with Crippen molar-refractivity contribution in [3.8, 4) is 0 Å². The summed E-state index contributed by atoms with van der Waals surface area (Å²) in [6.07, 6.45) is -2.64. The molecule has 23 heavy (non-hydrogen) atoms. The van der Waals surface area contributed by atoms with Crippen molar-refractivity contribution in [2.75, 3.05) is 26.2 Å². The van der Waals surface area contributed by atoms with Crippen molar-refractivity contribution in [3.63, 3.8) is 0 Å². The Morgan fingerprint density at radius 3 is 2.52 bits per heavy atom. The summed E-state index contributed by atoms with van der Waals surface area (Å²) in [6, 6.07) is 2.99. The molecule has 0 saturated carbocycles. The van der Waals surface area contributed by atoms with Crippen molar-refractivity contribution in [1.82, 2.24) is 14.8 Å². The highest BCUT2D eigenvalue weighted by atomic mass is 19.4. The average Bonchev–Trinajstić information content (AvgIpc) is 2.45. The largest absolute Gasteiger partial charge is 0.465 e. The molecule has 1 amide bonds. The standard InChI is InChI=1S/C15H18F3N3O2/c16-15(17,18)12-11(2-1-5-19-12)8-20-9-14(10-20)3-6-21(7-4-14)13(22)23/h1-2,5H,3-4,6-10H2,(H,22,23). The molecule has 0 bridgehead atoms. The van der Waals surface area contributed by atoms with Crippen molar-refractivity contribution < 1.29 is 23.1 Å². The van der Waals surface area contributed by atoms with Crippen molar-refractivity contribution in [2.24, 2.45) is 5.41 Å². The molecule has 0 atom stereocenters. The van der Waals surface area contributed by atoms with E-state index >= 15 is 0 Å². The molecule has 126 valence electrons. The van der Waals surface area contributed by atoms with Crippen molar-refractivity contribution in [2.45, 2.75) is 25.6 Å². The molecule has 0 aliphatic carbocycles. The van der Waals surface area contributed by atoms with Crippen molar-refractivity contribution in [1.29, 1.82) is 0 Å². The molecule has 3 rings (SSSR count). The molecule has 2 fully saturated rings. The Morgan fingerprint density at radius 1 is 1.30 bits per heavy atom. The fourth-order valence-corrected chi connectivity index (χ4v) is 3.57. The lowest BCUT2D eigenvalue weighted by Gasteiger charge is -2.54. The van der Waals surface area contributed by atoms with Crippen molar-refractivity contribution >= 4 is 6.09 Å². The van der Waals surface area contributed by atoms with E-state index in [1.54, 1.807) is 0 Å². The number of pyridine rings is 1. The van der Waals surface area contributed by atoms with Gasteiger partial charge < -0.3 is 10.0 Å². The summed E-state index contributed by atoms with van der Waals surface area (Å²) < 4.78 is 38.8. The lowest BCUT2D eigenvalue weighted by Crippen LogP contribution is -2.60. The van der Waals surface area contributed by atoms with Gasteiger partial charge in [-0.05, 0) is 29.9 Å². The zero-order chi connectivity index (χ0) is 16.7. The van der Waals surface area contributed by atoms with Gasteiger partial charge in [0.15, 0.2) is 0 Å². The van der Waals surface area contributed by atoms with E-state index in [-0.39, 0.29) is 17.5 Å². The maximum Gasteiger partial charge on any atom is 0.433 e. The van der Waals surface area contributed by atoms with Gasteiger partial charge in [0.05, 0.1) is 0 Å². The molecule has 0 radical (unpaired) electrons. The van der Waals surface area contributed by atoms with E-state index in [0.717, 1.165) is 19.0 Å². The van der Waals surface area contributed by atoms with Crippen LogP contribution in [0.4, 0.5) is 18.0 Å². The minimum absolute atomic E-state index is 0.0621. The number of piperidine rings is 1. The number of hydrogen-bond donors (Lipinski definition) is 1. The summed E-state index contributed by atoms with van der Waals surface area (Å²) in [4.78, 5) is 17.8. The number of amides is 1. The van der Waals surface area contributed by atoms with E-state index in [9.17, 15) is 18.0 Å². The molecule has 2 aliphatic heterocycles. The number of nitrogens with zero attached hydrogens (tertiary/aromatic N) is 3. The van der Waals surface area contributed by atoms with Gasteiger partial charge in [0.1, 0.15) is 5.69 Å². The second-order valence-corrected chi connectivity index (χ2v) is 6.42. The highest BCUT2D eigenvalue weighted by Gasteiger charge is 2.46. The molecule has 5 nitrogen and oxygen atoms in total. The minimum atomic E-state index is -4.44. The van der Waals surface area contributed by atoms with E-state index in [4.69, 9.17) is 5.11 Å². The van der Waals surface area contributed by atoms with Crippen LogP contribution in [0.3, 0.4) is 0 Å². The molecular formula is C15H18F3N3O2. The van der Waals surface area contributed by atoms with Crippen LogP contribution >= 0.6 is 0 Å². The highest BCUT2D eigenvalue weighted by molar-refractivity contribution is 5.65. The third-order valence-corrected chi connectivity index (χ3v) is 4.77. The molecule has 0 aromatic carbocycles. The van der Waals surface area contributed by atoms with Crippen LogP contribution in [0.5, 0.6) is 0 Å². The summed E-state index contributed by atoms with van der Waals surface area (Å²) in [5.74, 6) is 0. The monoisotopic (exact) mass is 329 g/mol. The van der Waals surface area contributed by atoms with Gasteiger partial charge in [-0.2, -0.15) is 13.2 Å². The summed E-state index contributed by atoms with van der Waals surface area (Å²) in [5.41, 5.74) is -0.563. The predicted octanol–water partition coefficient (Wildman–Crippen LogP) is 2.68. The van der Waals surface area contributed by atoms with Gasteiger partial charge >= 0.3 is 12.3 Å². The van der Waals surface area contributed by atoms with Gasteiger partial charge in [-0.1, -0.05) is 6.07 Å². The molecule has 2 aliphatic rings. The van der Waals surface area contributed by atoms with Crippen LogP contribution in [0.25, 0.3) is 0 Å². The minimum Gasteiger partial charge on any atom is -0.465 e. The van der Waals surface area contributed by atoms with E-state index < -0.39 is 18.0 Å². The SMILES string of the molecule is O=C(O)N1CCC2(CC1)CN(Cc1cccnc1C(F)(F)F)C2. The first-order valence-corrected chi connectivity index (χ1v) is 7.50. The Kier molecular flexibility index (Phi) is 3.95. The fourth-order valence-electron chi connectivity index (χ4n) is 3.57. The third kappa shape index (κ3) is 3.26. The Bertz CT molecular complexity index is 590. The lowest BCUT2D eigenvalue weighted by atomic mass is 9.72. The van der Waals surface area contributed by atoms with Crippen LogP contribution in [0, 0.1) is 5.41 Å². The Balaban J connectivity index is 1.59. The summed E-state index contributed by atoms with van der Waals surface area (Å²) in [7, 11) is 0. The van der Waals surface area contributed by atoms with Gasteiger partial charge in [0, 0.05) is 38.9 Å². The lowest BCUT2D eigenvalue weighted by molar-refractivity contribution is -0.142.